The van der Waals surface area contributed by atoms with Gasteiger partial charge in [-0.2, -0.15) is 17.0 Å². The van der Waals surface area contributed by atoms with E-state index in [4.69, 9.17) is 10.00 Å². The van der Waals surface area contributed by atoms with Crippen molar-refractivity contribution in [2.24, 2.45) is 0 Å². The number of benzene rings is 1. The van der Waals surface area contributed by atoms with Gasteiger partial charge in [0.25, 0.3) is 0 Å². The molecule has 3 nitrogen and oxygen atoms in total. The number of ether oxygens (including phenoxy) is 1. The van der Waals surface area contributed by atoms with Crippen LogP contribution in [0.5, 0.6) is 5.75 Å². The lowest BCUT2D eigenvalue weighted by molar-refractivity contribution is 0.361. The second kappa shape index (κ2) is 8.18. The molecule has 1 N–H and O–H groups in total. The maximum Gasteiger partial charge on any atom is 0.174 e. The molecule has 20 heavy (non-hydrogen) atoms. The molecule has 0 aromatic heterocycles. The highest BCUT2D eigenvalue weighted by Gasteiger charge is 2.26. The second-order valence-electron chi connectivity index (χ2n) is 4.97. The van der Waals surface area contributed by atoms with Crippen LogP contribution in [0.15, 0.2) is 24.3 Å². The molecule has 1 aromatic rings. The molecule has 0 saturated heterocycles. The highest BCUT2D eigenvalue weighted by atomic mass is 32.2. The molecule has 0 radical (unpaired) electrons. The monoisotopic (exact) mass is 290 g/mol. The van der Waals surface area contributed by atoms with E-state index in [-0.39, 0.29) is 6.61 Å². The van der Waals surface area contributed by atoms with Gasteiger partial charge in [0.15, 0.2) is 6.61 Å². The smallest absolute Gasteiger partial charge is 0.174 e. The van der Waals surface area contributed by atoms with Crippen molar-refractivity contribution in [3.8, 4) is 11.8 Å². The van der Waals surface area contributed by atoms with Crippen LogP contribution in [0.1, 0.15) is 31.7 Å². The summed E-state index contributed by atoms with van der Waals surface area (Å²) in [4.78, 5) is 0. The standard InChI is InChI=1S/C16H22N2OS/c1-2-20-16-9-5-7-14(16)18-12-13-6-3-4-8-15(13)19-11-10-17/h3-4,6,8,14,16,18H,2,5,7,9,11-12H2,1H3. The largest absolute Gasteiger partial charge is 0.478 e. The summed E-state index contributed by atoms with van der Waals surface area (Å²) in [6.07, 6.45) is 3.91. The predicted octanol–water partition coefficient (Wildman–Crippen LogP) is 3.35. The Balaban J connectivity index is 1.91. The first-order chi connectivity index (χ1) is 9.85. The molecule has 0 aliphatic heterocycles. The van der Waals surface area contributed by atoms with Crippen molar-refractivity contribution in [2.45, 2.75) is 44.0 Å². The van der Waals surface area contributed by atoms with Gasteiger partial charge in [0.2, 0.25) is 0 Å². The van der Waals surface area contributed by atoms with E-state index in [9.17, 15) is 0 Å². The number of nitrogens with one attached hydrogen (secondary N) is 1. The minimum Gasteiger partial charge on any atom is -0.478 e. The summed E-state index contributed by atoms with van der Waals surface area (Å²) < 4.78 is 5.47. The van der Waals surface area contributed by atoms with Gasteiger partial charge >= 0.3 is 0 Å². The van der Waals surface area contributed by atoms with Crippen LogP contribution in [-0.4, -0.2) is 23.7 Å². The topological polar surface area (TPSA) is 45.0 Å². The van der Waals surface area contributed by atoms with Gasteiger partial charge in [-0.3, -0.25) is 0 Å². The van der Waals surface area contributed by atoms with E-state index in [0.29, 0.717) is 6.04 Å². The van der Waals surface area contributed by atoms with E-state index in [1.165, 1.54) is 25.0 Å². The van der Waals surface area contributed by atoms with Crippen LogP contribution < -0.4 is 10.1 Å². The Labute approximate surface area is 125 Å². The van der Waals surface area contributed by atoms with E-state index in [2.05, 4.69) is 30.1 Å². The first-order valence-electron chi connectivity index (χ1n) is 7.27. The Morgan fingerprint density at radius 2 is 2.25 bits per heavy atom. The first-order valence-corrected chi connectivity index (χ1v) is 8.32. The highest BCUT2D eigenvalue weighted by molar-refractivity contribution is 7.99. The number of hydrogen-bond donors (Lipinski definition) is 1. The minimum absolute atomic E-state index is 0.106. The third-order valence-electron chi connectivity index (χ3n) is 3.65. The van der Waals surface area contributed by atoms with E-state index in [1.54, 1.807) is 0 Å². The Bertz CT molecular complexity index is 458. The normalized spacial score (nSPS) is 21.6. The molecule has 1 fully saturated rings. The molecule has 0 heterocycles. The summed E-state index contributed by atoms with van der Waals surface area (Å²) in [7, 11) is 0. The van der Waals surface area contributed by atoms with Gasteiger partial charge in [-0.1, -0.05) is 31.5 Å². The van der Waals surface area contributed by atoms with E-state index in [1.807, 2.05) is 24.3 Å². The Hall–Kier alpha value is -1.18. The van der Waals surface area contributed by atoms with Gasteiger partial charge in [0, 0.05) is 23.4 Å². The molecule has 0 spiro atoms. The Morgan fingerprint density at radius 1 is 1.40 bits per heavy atom. The minimum atomic E-state index is 0.106. The number of para-hydroxylation sites is 1. The third-order valence-corrected chi connectivity index (χ3v) is 4.98. The van der Waals surface area contributed by atoms with Crippen LogP contribution in [-0.2, 0) is 6.54 Å². The number of hydrogen-bond acceptors (Lipinski definition) is 4. The molecule has 1 aliphatic carbocycles. The zero-order chi connectivity index (χ0) is 14.2. The summed E-state index contributed by atoms with van der Waals surface area (Å²) >= 11 is 2.06. The van der Waals surface area contributed by atoms with Crippen LogP contribution in [0, 0.1) is 11.3 Å². The maximum absolute atomic E-state index is 8.62. The van der Waals surface area contributed by atoms with Gasteiger partial charge in [0.1, 0.15) is 11.8 Å². The van der Waals surface area contributed by atoms with Crippen LogP contribution in [0.4, 0.5) is 0 Å². The summed E-state index contributed by atoms with van der Waals surface area (Å²) in [6.45, 7) is 3.15. The molecule has 2 unspecified atom stereocenters. The van der Waals surface area contributed by atoms with E-state index < -0.39 is 0 Å². The number of nitriles is 1. The average molecular weight is 290 g/mol. The molecular weight excluding hydrogens is 268 g/mol. The summed E-state index contributed by atoms with van der Waals surface area (Å²) in [5.41, 5.74) is 1.13. The van der Waals surface area contributed by atoms with Crippen molar-refractivity contribution in [3.63, 3.8) is 0 Å². The number of nitrogens with zero attached hydrogens (tertiary/aromatic N) is 1. The van der Waals surface area contributed by atoms with Crippen molar-refractivity contribution in [1.82, 2.24) is 5.32 Å². The fourth-order valence-corrected chi connectivity index (χ4v) is 3.94. The molecule has 0 amide bonds. The molecule has 4 heteroatoms. The molecule has 108 valence electrons. The Kier molecular flexibility index (Phi) is 6.23. The number of rotatable bonds is 7. The fraction of sp³-hybridized carbons (Fsp3) is 0.562. The lowest BCUT2D eigenvalue weighted by Gasteiger charge is -2.21. The van der Waals surface area contributed by atoms with Crippen molar-refractivity contribution >= 4 is 11.8 Å². The second-order valence-corrected chi connectivity index (χ2v) is 6.48. The van der Waals surface area contributed by atoms with Crippen molar-refractivity contribution < 1.29 is 4.74 Å². The highest BCUT2D eigenvalue weighted by Crippen LogP contribution is 2.30. The lowest BCUT2D eigenvalue weighted by atomic mass is 10.1. The molecule has 1 saturated carbocycles. The number of thioether (sulfide) groups is 1. The van der Waals surface area contributed by atoms with Gasteiger partial charge in [0.05, 0.1) is 0 Å². The SMILES string of the molecule is CCSC1CCCC1NCc1ccccc1OCC#N. The van der Waals surface area contributed by atoms with Gasteiger partial charge < -0.3 is 10.1 Å². The molecule has 0 bridgehead atoms. The van der Waals surface area contributed by atoms with Crippen LogP contribution in [0.3, 0.4) is 0 Å². The quantitative estimate of drug-likeness (QED) is 0.836. The maximum atomic E-state index is 8.62. The Morgan fingerprint density at radius 3 is 3.05 bits per heavy atom. The predicted molar refractivity (Wildman–Crippen MR) is 83.9 cm³/mol. The molecular formula is C16H22N2OS. The van der Waals surface area contributed by atoms with Gasteiger partial charge in [-0.25, -0.2) is 0 Å². The molecule has 1 aromatic carbocycles. The molecule has 2 rings (SSSR count). The van der Waals surface area contributed by atoms with E-state index in [0.717, 1.165) is 23.1 Å². The summed E-state index contributed by atoms with van der Waals surface area (Å²) in [5, 5.41) is 13.0. The van der Waals surface area contributed by atoms with Gasteiger partial charge in [-0.15, -0.1) is 0 Å². The van der Waals surface area contributed by atoms with Crippen molar-refractivity contribution in [2.75, 3.05) is 12.4 Å². The molecule has 1 aliphatic rings. The summed E-state index contributed by atoms with van der Waals surface area (Å²) in [6, 6.07) is 10.6. The lowest BCUT2D eigenvalue weighted by Crippen LogP contribution is -2.33. The zero-order valence-electron chi connectivity index (χ0n) is 12.0. The average Bonchev–Trinajstić information content (AvgIpc) is 2.91. The zero-order valence-corrected chi connectivity index (χ0v) is 12.8. The van der Waals surface area contributed by atoms with Gasteiger partial charge in [-0.05, 0) is 24.7 Å². The molecule has 2 atom stereocenters. The van der Waals surface area contributed by atoms with Crippen molar-refractivity contribution in [1.29, 1.82) is 5.26 Å². The third kappa shape index (κ3) is 4.16. The van der Waals surface area contributed by atoms with Crippen LogP contribution in [0.2, 0.25) is 0 Å². The fourth-order valence-electron chi connectivity index (χ4n) is 2.71. The first kappa shape index (κ1) is 15.2. The van der Waals surface area contributed by atoms with Crippen LogP contribution in [0.25, 0.3) is 0 Å². The van der Waals surface area contributed by atoms with Crippen LogP contribution >= 0.6 is 11.8 Å². The summed E-state index contributed by atoms with van der Waals surface area (Å²) in [5.74, 6) is 2.00. The van der Waals surface area contributed by atoms with E-state index >= 15 is 0 Å². The van der Waals surface area contributed by atoms with Crippen molar-refractivity contribution in [3.05, 3.63) is 29.8 Å².